The van der Waals surface area contributed by atoms with Gasteiger partial charge in [-0.15, -0.1) is 0 Å². The maximum atomic E-state index is 12.2. The molecule has 0 aromatic rings. The first-order valence-electron chi connectivity index (χ1n) is 6.63. The van der Waals surface area contributed by atoms with Gasteiger partial charge in [0, 0.05) is 24.4 Å². The van der Waals surface area contributed by atoms with E-state index in [1.165, 1.54) is 4.73 Å². The lowest BCUT2D eigenvalue weighted by molar-refractivity contribution is -0.154. The van der Waals surface area contributed by atoms with Crippen molar-refractivity contribution in [3.63, 3.8) is 0 Å². The summed E-state index contributed by atoms with van der Waals surface area (Å²) < 4.78 is 1.39. The first-order valence-corrected chi connectivity index (χ1v) is 6.63. The summed E-state index contributed by atoms with van der Waals surface area (Å²) in [6.07, 6.45) is 5.94. The van der Waals surface area contributed by atoms with Crippen LogP contribution in [0.4, 0.5) is 0 Å². The number of carbonyl (C=O) groups is 2. The second-order valence-electron chi connectivity index (χ2n) is 5.38. The summed E-state index contributed by atoms with van der Waals surface area (Å²) in [7, 11) is 0. The van der Waals surface area contributed by atoms with Crippen molar-refractivity contribution in [2.24, 2.45) is 5.41 Å². The molecular formula is C15H18N2O3. The van der Waals surface area contributed by atoms with Crippen LogP contribution < -0.4 is 4.84 Å². The van der Waals surface area contributed by atoms with Crippen LogP contribution in [0.3, 0.4) is 0 Å². The number of fused-ring (bicyclic) bond motifs is 1. The average Bonchev–Trinajstić information content (AvgIpc) is 2.88. The van der Waals surface area contributed by atoms with Crippen LogP contribution in [0.25, 0.3) is 11.4 Å². The summed E-state index contributed by atoms with van der Waals surface area (Å²) in [5.41, 5.74) is 0.282. The fraction of sp³-hybridized carbons (Fsp3) is 0.400. The van der Waals surface area contributed by atoms with Crippen LogP contribution in [-0.2, 0) is 9.59 Å². The van der Waals surface area contributed by atoms with Gasteiger partial charge >= 0.3 is 5.97 Å². The molecular weight excluding hydrogens is 256 g/mol. The van der Waals surface area contributed by atoms with E-state index in [1.54, 1.807) is 18.5 Å². The highest BCUT2D eigenvalue weighted by atomic mass is 16.7. The van der Waals surface area contributed by atoms with E-state index in [2.05, 4.69) is 4.98 Å². The molecule has 0 aromatic heterocycles. The summed E-state index contributed by atoms with van der Waals surface area (Å²) in [5, 5.41) is 0. The highest BCUT2D eigenvalue weighted by molar-refractivity contribution is 5.76. The molecule has 0 amide bonds. The van der Waals surface area contributed by atoms with Crippen LogP contribution in [0.15, 0.2) is 30.6 Å². The molecule has 2 aliphatic heterocycles. The fourth-order valence-corrected chi connectivity index (χ4v) is 1.96. The zero-order valence-corrected chi connectivity index (χ0v) is 11.7. The summed E-state index contributed by atoms with van der Waals surface area (Å²) in [6.45, 7) is 3.64. The molecule has 0 aliphatic carbocycles. The van der Waals surface area contributed by atoms with E-state index in [0.29, 0.717) is 25.1 Å². The molecule has 5 nitrogen and oxygen atoms in total. The van der Waals surface area contributed by atoms with Gasteiger partial charge in [0.25, 0.3) is 0 Å². The van der Waals surface area contributed by atoms with Gasteiger partial charge in [-0.25, -0.2) is 9.78 Å². The van der Waals surface area contributed by atoms with Gasteiger partial charge in [-0.2, -0.15) is 4.73 Å². The lowest BCUT2D eigenvalue weighted by Gasteiger charge is -2.22. The van der Waals surface area contributed by atoms with Gasteiger partial charge in [0.1, 0.15) is 6.29 Å². The van der Waals surface area contributed by atoms with Crippen molar-refractivity contribution in [3.8, 4) is 11.4 Å². The lowest BCUT2D eigenvalue weighted by Crippen LogP contribution is -2.34. The molecule has 0 saturated carbocycles. The molecule has 0 spiro atoms. The molecule has 0 bridgehead atoms. The summed E-state index contributed by atoms with van der Waals surface area (Å²) in [5.74, 6) is 0.286. The van der Waals surface area contributed by atoms with Gasteiger partial charge in [0.05, 0.1) is 5.41 Å². The quantitative estimate of drug-likeness (QED) is 0.599. The van der Waals surface area contributed by atoms with Gasteiger partial charge in [-0.05, 0) is 44.9 Å². The zero-order chi connectivity index (χ0) is 14.6. The maximum Gasteiger partial charge on any atom is 0.338 e. The second-order valence-corrected chi connectivity index (χ2v) is 5.38. The van der Waals surface area contributed by atoms with E-state index in [1.807, 2.05) is 26.0 Å². The Hall–Kier alpha value is -2.17. The van der Waals surface area contributed by atoms with Crippen LogP contribution in [0.5, 0.6) is 0 Å². The third-order valence-corrected chi connectivity index (χ3v) is 3.27. The predicted molar refractivity (Wildman–Crippen MR) is 74.1 cm³/mol. The summed E-state index contributed by atoms with van der Waals surface area (Å²) in [4.78, 5) is 32.2. The van der Waals surface area contributed by atoms with E-state index in [9.17, 15) is 9.59 Å². The number of aldehydes is 1. The third kappa shape index (κ3) is 3.04. The molecule has 106 valence electrons. The van der Waals surface area contributed by atoms with Crippen LogP contribution in [0, 0.1) is 5.41 Å². The van der Waals surface area contributed by atoms with Crippen molar-refractivity contribution in [3.05, 3.63) is 30.6 Å². The Labute approximate surface area is 117 Å². The van der Waals surface area contributed by atoms with E-state index in [4.69, 9.17) is 4.84 Å². The Balaban J connectivity index is 2.07. The second kappa shape index (κ2) is 5.86. The first-order chi connectivity index (χ1) is 9.54. The van der Waals surface area contributed by atoms with E-state index in [0.717, 1.165) is 11.8 Å². The Bertz CT molecular complexity index is 574. The number of nitrogens with zero attached hydrogens (tertiary/aromatic N) is 2. The van der Waals surface area contributed by atoms with Crippen molar-refractivity contribution in [2.45, 2.75) is 33.1 Å². The van der Waals surface area contributed by atoms with Gasteiger partial charge in [0.15, 0.2) is 5.82 Å². The van der Waals surface area contributed by atoms with Crippen LogP contribution >= 0.6 is 0 Å². The number of hydrogen-bond donors (Lipinski definition) is 0. The molecule has 20 heavy (non-hydrogen) atoms. The van der Waals surface area contributed by atoms with Crippen molar-refractivity contribution < 1.29 is 14.4 Å². The third-order valence-electron chi connectivity index (χ3n) is 3.27. The van der Waals surface area contributed by atoms with Gasteiger partial charge in [-0.3, -0.25) is 0 Å². The van der Waals surface area contributed by atoms with Crippen molar-refractivity contribution >= 4 is 12.3 Å². The minimum Gasteiger partial charge on any atom is -0.334 e. The number of unbranched alkanes of at least 4 members (excludes halogenated alkanes) is 1. The minimum atomic E-state index is -0.634. The van der Waals surface area contributed by atoms with Gasteiger partial charge in [0.2, 0.25) is 0 Å². The van der Waals surface area contributed by atoms with Crippen molar-refractivity contribution in [1.82, 2.24) is 9.71 Å². The standard InChI is InChI=1S/C15H18N2O3/c1-15(2,8-3-4-11-18)14(19)20-17-10-5-6-12-7-9-16-13(12)17/h5-7,9-11H,3-4,8H2,1-2H3. The van der Waals surface area contributed by atoms with E-state index < -0.39 is 5.41 Å². The summed E-state index contributed by atoms with van der Waals surface area (Å²) >= 11 is 0. The van der Waals surface area contributed by atoms with Crippen LogP contribution in [0.2, 0.25) is 0 Å². The fourth-order valence-electron chi connectivity index (χ4n) is 1.96. The summed E-state index contributed by atoms with van der Waals surface area (Å²) in [6, 6.07) is 5.56. The van der Waals surface area contributed by atoms with Crippen LogP contribution in [0.1, 0.15) is 33.1 Å². The van der Waals surface area contributed by atoms with Crippen molar-refractivity contribution in [2.75, 3.05) is 0 Å². The topological polar surface area (TPSA) is 61.2 Å². The molecule has 2 aliphatic rings. The number of carbonyl (C=O) groups excluding carboxylic acids is 2. The number of aromatic nitrogens is 2. The maximum absolute atomic E-state index is 12.2. The van der Waals surface area contributed by atoms with E-state index in [-0.39, 0.29) is 5.97 Å². The molecule has 0 aromatic carbocycles. The van der Waals surface area contributed by atoms with Gasteiger partial charge in [-0.1, -0.05) is 0 Å². The molecule has 0 fully saturated rings. The monoisotopic (exact) mass is 274 g/mol. The number of hydrogen-bond acceptors (Lipinski definition) is 4. The minimum absolute atomic E-state index is 0.330. The molecule has 0 radical (unpaired) electrons. The first kappa shape index (κ1) is 14.2. The molecule has 5 heteroatoms. The average molecular weight is 274 g/mol. The largest absolute Gasteiger partial charge is 0.338 e. The smallest absolute Gasteiger partial charge is 0.334 e. The zero-order valence-electron chi connectivity index (χ0n) is 11.7. The molecule has 0 saturated heterocycles. The lowest BCUT2D eigenvalue weighted by atomic mass is 9.87. The highest BCUT2D eigenvalue weighted by Crippen LogP contribution is 2.25. The SMILES string of the molecule is CC(C)(CCCC=O)C(=O)On1cccc2ccnc1-2. The Morgan fingerprint density at radius 2 is 2.25 bits per heavy atom. The Morgan fingerprint density at radius 3 is 3.00 bits per heavy atom. The van der Waals surface area contributed by atoms with Crippen LogP contribution in [-0.4, -0.2) is 22.0 Å². The molecule has 0 N–H and O–H groups in total. The molecule has 0 unspecified atom stereocenters. The number of pyridine rings is 1. The molecule has 0 atom stereocenters. The number of rotatable bonds is 6. The Morgan fingerprint density at radius 1 is 1.45 bits per heavy atom. The van der Waals surface area contributed by atoms with E-state index >= 15 is 0 Å². The Kier molecular flexibility index (Phi) is 4.17. The molecule has 2 heterocycles. The van der Waals surface area contributed by atoms with Gasteiger partial charge < -0.3 is 9.63 Å². The predicted octanol–water partition coefficient (Wildman–Crippen LogP) is 2.34. The highest BCUT2D eigenvalue weighted by Gasteiger charge is 2.30. The molecule has 2 rings (SSSR count). The normalized spacial score (nSPS) is 11.5. The van der Waals surface area contributed by atoms with Crippen molar-refractivity contribution in [1.29, 1.82) is 0 Å².